The fraction of sp³-hybridized carbons (Fsp3) is 0.294. The molecular weight excluding hydrogens is 273 g/mol. The van der Waals surface area contributed by atoms with Gasteiger partial charge in [0.15, 0.2) is 0 Å². The zero-order valence-electron chi connectivity index (χ0n) is 11.4. The van der Waals surface area contributed by atoms with Gasteiger partial charge in [-0.25, -0.2) is 4.39 Å². The Labute approximate surface area is 123 Å². The molecule has 0 amide bonds. The molecule has 0 aromatic heterocycles. The number of halogens is 2. The van der Waals surface area contributed by atoms with Gasteiger partial charge in [-0.05, 0) is 55.0 Å². The van der Waals surface area contributed by atoms with Crippen molar-refractivity contribution in [2.45, 2.75) is 31.7 Å². The van der Waals surface area contributed by atoms with Crippen molar-refractivity contribution in [2.24, 2.45) is 0 Å². The number of nitrogens with one attached hydrogen (secondary N) is 1. The molecule has 3 heteroatoms. The van der Waals surface area contributed by atoms with E-state index in [2.05, 4.69) is 11.4 Å². The summed E-state index contributed by atoms with van der Waals surface area (Å²) in [6.45, 7) is 1.77. The van der Waals surface area contributed by atoms with Crippen LogP contribution in [0.2, 0.25) is 5.02 Å². The van der Waals surface area contributed by atoms with Crippen LogP contribution in [0.4, 0.5) is 10.1 Å². The van der Waals surface area contributed by atoms with Crippen molar-refractivity contribution in [3.63, 3.8) is 0 Å². The third-order valence-corrected chi connectivity index (χ3v) is 4.37. The van der Waals surface area contributed by atoms with Crippen LogP contribution >= 0.6 is 11.6 Å². The molecule has 1 N–H and O–H groups in total. The van der Waals surface area contributed by atoms with E-state index in [1.807, 2.05) is 30.3 Å². The third-order valence-electron chi connectivity index (χ3n) is 4.03. The fourth-order valence-corrected chi connectivity index (χ4v) is 3.00. The van der Waals surface area contributed by atoms with Gasteiger partial charge >= 0.3 is 0 Å². The molecule has 1 aliphatic rings. The lowest BCUT2D eigenvalue weighted by atomic mass is 9.76. The molecule has 1 fully saturated rings. The largest absolute Gasteiger partial charge is 0.382 e. The second-order valence-corrected chi connectivity index (χ2v) is 5.90. The lowest BCUT2D eigenvalue weighted by Gasteiger charge is -2.37. The van der Waals surface area contributed by atoms with Crippen LogP contribution in [0.5, 0.6) is 0 Å². The minimum atomic E-state index is -0.156. The molecule has 0 radical (unpaired) electrons. The summed E-state index contributed by atoms with van der Waals surface area (Å²) in [7, 11) is 0. The van der Waals surface area contributed by atoms with Crippen molar-refractivity contribution in [3.05, 3.63) is 64.4 Å². The summed E-state index contributed by atoms with van der Waals surface area (Å²) in [4.78, 5) is 0. The molecule has 0 saturated heterocycles. The second kappa shape index (κ2) is 5.45. The second-order valence-electron chi connectivity index (χ2n) is 5.50. The van der Waals surface area contributed by atoms with Crippen LogP contribution < -0.4 is 5.32 Å². The van der Waals surface area contributed by atoms with Crippen LogP contribution in [0.1, 0.15) is 29.9 Å². The van der Waals surface area contributed by atoms with E-state index >= 15 is 0 Å². The monoisotopic (exact) mass is 289 g/mol. The highest BCUT2D eigenvalue weighted by Gasteiger charge is 2.31. The van der Waals surface area contributed by atoms with E-state index in [4.69, 9.17) is 11.6 Å². The van der Waals surface area contributed by atoms with Crippen LogP contribution in [0.25, 0.3) is 0 Å². The third kappa shape index (κ3) is 2.66. The average molecular weight is 290 g/mol. The molecule has 0 spiro atoms. The molecule has 1 nitrogen and oxygen atoms in total. The lowest BCUT2D eigenvalue weighted by Crippen LogP contribution is -2.34. The summed E-state index contributed by atoms with van der Waals surface area (Å²) >= 11 is 6.21. The number of hydrogen-bond donors (Lipinski definition) is 1. The number of hydrogen-bond acceptors (Lipinski definition) is 1. The maximum atomic E-state index is 13.5. The van der Waals surface area contributed by atoms with Gasteiger partial charge in [-0.2, -0.15) is 0 Å². The number of aryl methyl sites for hydroxylation is 1. The molecule has 0 heterocycles. The van der Waals surface area contributed by atoms with Gasteiger partial charge < -0.3 is 5.32 Å². The fourth-order valence-electron chi connectivity index (χ4n) is 2.71. The average Bonchev–Trinajstić information content (AvgIpc) is 2.39. The van der Waals surface area contributed by atoms with Gasteiger partial charge in [0, 0.05) is 16.8 Å². The van der Waals surface area contributed by atoms with Crippen LogP contribution in [0, 0.1) is 12.7 Å². The molecule has 3 rings (SSSR count). The van der Waals surface area contributed by atoms with Crippen LogP contribution in [0.3, 0.4) is 0 Å². The van der Waals surface area contributed by atoms with E-state index in [1.54, 1.807) is 13.0 Å². The predicted octanol–water partition coefficient (Wildman–Crippen LogP) is 5.15. The summed E-state index contributed by atoms with van der Waals surface area (Å²) in [6, 6.07) is 13.7. The predicted molar refractivity (Wildman–Crippen MR) is 82.0 cm³/mol. The molecule has 0 atom stereocenters. The number of anilines is 1. The number of benzene rings is 2. The first-order valence-electron chi connectivity index (χ1n) is 6.90. The van der Waals surface area contributed by atoms with E-state index in [-0.39, 0.29) is 5.82 Å². The summed E-state index contributed by atoms with van der Waals surface area (Å²) in [5, 5.41) is 4.23. The Morgan fingerprint density at radius 3 is 2.60 bits per heavy atom. The minimum Gasteiger partial charge on any atom is -0.382 e. The molecule has 0 unspecified atom stereocenters. The minimum absolute atomic E-state index is 0.156. The highest BCUT2D eigenvalue weighted by Crippen LogP contribution is 2.41. The van der Waals surface area contributed by atoms with Crippen molar-refractivity contribution in [1.82, 2.24) is 0 Å². The van der Waals surface area contributed by atoms with Gasteiger partial charge in [0.05, 0.1) is 0 Å². The van der Waals surface area contributed by atoms with E-state index in [1.165, 1.54) is 5.56 Å². The van der Waals surface area contributed by atoms with Crippen LogP contribution in [0.15, 0.2) is 42.5 Å². The van der Waals surface area contributed by atoms with E-state index < -0.39 is 0 Å². The Morgan fingerprint density at radius 2 is 1.90 bits per heavy atom. The summed E-state index contributed by atoms with van der Waals surface area (Å²) < 4.78 is 13.5. The highest BCUT2D eigenvalue weighted by molar-refractivity contribution is 6.31. The first-order valence-corrected chi connectivity index (χ1v) is 7.28. The standard InChI is InChI=1S/C17H17ClFN/c1-11-6-7-13(10-17(11)19)20-14-8-12(9-14)15-4-2-3-5-16(15)18/h2-7,10,12,14,20H,8-9H2,1H3. The maximum Gasteiger partial charge on any atom is 0.128 e. The molecule has 2 aromatic carbocycles. The molecule has 0 bridgehead atoms. The zero-order chi connectivity index (χ0) is 14.1. The molecule has 1 saturated carbocycles. The molecule has 0 aliphatic heterocycles. The highest BCUT2D eigenvalue weighted by atomic mass is 35.5. The van der Waals surface area contributed by atoms with E-state index in [9.17, 15) is 4.39 Å². The molecule has 2 aromatic rings. The van der Waals surface area contributed by atoms with Gasteiger partial charge in [0.2, 0.25) is 0 Å². The smallest absolute Gasteiger partial charge is 0.128 e. The molecule has 20 heavy (non-hydrogen) atoms. The zero-order valence-corrected chi connectivity index (χ0v) is 12.1. The van der Waals surface area contributed by atoms with E-state index in [0.717, 1.165) is 23.6 Å². The van der Waals surface area contributed by atoms with Crippen molar-refractivity contribution in [2.75, 3.05) is 5.32 Å². The van der Waals surface area contributed by atoms with Gasteiger partial charge in [0.1, 0.15) is 5.82 Å². The topological polar surface area (TPSA) is 12.0 Å². The SMILES string of the molecule is Cc1ccc(NC2CC(c3ccccc3Cl)C2)cc1F. The van der Waals surface area contributed by atoms with Crippen molar-refractivity contribution in [3.8, 4) is 0 Å². The first-order chi connectivity index (χ1) is 9.63. The first kappa shape index (κ1) is 13.4. The molecule has 1 aliphatic carbocycles. The van der Waals surface area contributed by atoms with Crippen molar-refractivity contribution < 1.29 is 4.39 Å². The van der Waals surface area contributed by atoms with Crippen LogP contribution in [-0.2, 0) is 0 Å². The van der Waals surface area contributed by atoms with Gasteiger partial charge in [-0.15, -0.1) is 0 Å². The Balaban J connectivity index is 1.61. The van der Waals surface area contributed by atoms with Crippen molar-refractivity contribution in [1.29, 1.82) is 0 Å². The Morgan fingerprint density at radius 1 is 1.15 bits per heavy atom. The summed E-state index contributed by atoms with van der Waals surface area (Å²) in [6.07, 6.45) is 2.08. The van der Waals surface area contributed by atoms with Gasteiger partial charge in [-0.3, -0.25) is 0 Å². The van der Waals surface area contributed by atoms with Crippen molar-refractivity contribution >= 4 is 17.3 Å². The summed E-state index contributed by atoms with van der Waals surface area (Å²) in [5.74, 6) is 0.355. The quantitative estimate of drug-likeness (QED) is 0.824. The molecule has 104 valence electrons. The summed E-state index contributed by atoms with van der Waals surface area (Å²) in [5.41, 5.74) is 2.76. The Kier molecular flexibility index (Phi) is 3.66. The van der Waals surface area contributed by atoms with Gasteiger partial charge in [0.25, 0.3) is 0 Å². The Bertz CT molecular complexity index is 620. The normalized spacial score (nSPS) is 21.4. The van der Waals surface area contributed by atoms with Gasteiger partial charge in [-0.1, -0.05) is 35.9 Å². The number of rotatable bonds is 3. The maximum absolute atomic E-state index is 13.5. The van der Waals surface area contributed by atoms with E-state index in [0.29, 0.717) is 17.5 Å². The van der Waals surface area contributed by atoms with Crippen LogP contribution in [-0.4, -0.2) is 6.04 Å². The molecular formula is C17H17ClFN. The lowest BCUT2D eigenvalue weighted by molar-refractivity contribution is 0.374. The Hall–Kier alpha value is -1.54.